The molecule has 0 saturated heterocycles. The second kappa shape index (κ2) is 7.31. The Kier molecular flexibility index (Phi) is 8.03. The van der Waals surface area contributed by atoms with Gasteiger partial charge in [-0.2, -0.15) is 0 Å². The van der Waals surface area contributed by atoms with Gasteiger partial charge in [0.05, 0.1) is 11.4 Å². The van der Waals surface area contributed by atoms with E-state index in [0.29, 0.717) is 5.71 Å². The number of allylic oxidation sites excluding steroid dienone is 1. The molecule has 0 amide bonds. The Bertz CT molecular complexity index is 231. The van der Waals surface area contributed by atoms with Crippen LogP contribution in [0.4, 0.5) is 0 Å². The van der Waals surface area contributed by atoms with E-state index in [1.54, 1.807) is 20.8 Å². The maximum atomic E-state index is 8.36. The van der Waals surface area contributed by atoms with Crippen LogP contribution in [-0.4, -0.2) is 32.1 Å². The van der Waals surface area contributed by atoms with Gasteiger partial charge in [-0.1, -0.05) is 23.3 Å². The average Bonchev–Trinajstić information content (AvgIpc) is 2.17. The van der Waals surface area contributed by atoms with Crippen LogP contribution in [-0.2, 0) is 0 Å². The van der Waals surface area contributed by atoms with Crippen molar-refractivity contribution in [3.05, 3.63) is 12.7 Å². The molecule has 82 valence electrons. The van der Waals surface area contributed by atoms with Crippen LogP contribution in [0.3, 0.4) is 0 Å². The molecule has 0 aliphatic rings. The van der Waals surface area contributed by atoms with E-state index in [4.69, 9.17) is 10.4 Å². The third-order valence-electron chi connectivity index (χ3n) is 1.79. The van der Waals surface area contributed by atoms with Crippen molar-refractivity contribution in [2.75, 3.05) is 0 Å². The second-order valence-corrected chi connectivity index (χ2v) is 5.74. The number of oxime groups is 2. The molecule has 1 atom stereocenters. The van der Waals surface area contributed by atoms with Crippen molar-refractivity contribution < 1.29 is 10.4 Å². The lowest BCUT2D eigenvalue weighted by Gasteiger charge is -2.16. The molecule has 0 bridgehead atoms. The predicted octanol–water partition coefficient (Wildman–Crippen LogP) is 1.42. The Balaban J connectivity index is 0. The molecule has 0 aliphatic heterocycles. The lowest BCUT2D eigenvalue weighted by atomic mass is 10.1. The smallest absolute Gasteiger partial charge is 0.0598 e. The van der Waals surface area contributed by atoms with Crippen molar-refractivity contribution in [3.63, 3.8) is 0 Å². The van der Waals surface area contributed by atoms with Gasteiger partial charge in [0.2, 0.25) is 0 Å². The van der Waals surface area contributed by atoms with E-state index < -0.39 is 0 Å². The molecule has 0 rings (SSSR count). The number of rotatable bonds is 2. The fourth-order valence-electron chi connectivity index (χ4n) is 0.277. The number of nitrogens with zero attached hydrogens (tertiary/aromatic N) is 2. The highest BCUT2D eigenvalue weighted by Gasteiger charge is 2.16. The third kappa shape index (κ3) is 7.54. The highest BCUT2D eigenvalue weighted by atomic mass is 28.1. The van der Waals surface area contributed by atoms with Crippen molar-refractivity contribution in [3.8, 4) is 0 Å². The number of hydrogen-bond acceptors (Lipinski definition) is 4. The first kappa shape index (κ1) is 15.4. The van der Waals surface area contributed by atoms with Crippen LogP contribution < -0.4 is 0 Å². The van der Waals surface area contributed by atoms with Crippen molar-refractivity contribution in [1.82, 2.24) is 0 Å². The highest BCUT2D eigenvalue weighted by Crippen LogP contribution is 2.22. The standard InChI is InChI=1S/C6H13NOSi.C3H7NO/c1-4-6(3,9)5(2)7-8;1-3(2)4-5/h4,8H,1H2,2-3,9H3;5H,1-2H3. The van der Waals surface area contributed by atoms with E-state index in [2.05, 4.69) is 16.9 Å². The molecule has 0 fully saturated rings. The van der Waals surface area contributed by atoms with Gasteiger partial charge in [0.15, 0.2) is 0 Å². The fraction of sp³-hybridized carbons (Fsp3) is 0.556. The predicted molar refractivity (Wildman–Crippen MR) is 64.0 cm³/mol. The van der Waals surface area contributed by atoms with Crippen molar-refractivity contribution in [1.29, 1.82) is 0 Å². The zero-order valence-corrected chi connectivity index (χ0v) is 11.6. The quantitative estimate of drug-likeness (QED) is 0.241. The summed E-state index contributed by atoms with van der Waals surface area (Å²) < 4.78 is 0. The Labute approximate surface area is 88.4 Å². The normalized spacial score (nSPS) is 14.7. The van der Waals surface area contributed by atoms with E-state index in [1.165, 1.54) is 0 Å². The lowest BCUT2D eigenvalue weighted by molar-refractivity contribution is 0.316. The van der Waals surface area contributed by atoms with Crippen LogP contribution in [0.15, 0.2) is 23.0 Å². The van der Waals surface area contributed by atoms with Crippen LogP contribution in [0, 0.1) is 0 Å². The summed E-state index contributed by atoms with van der Waals surface area (Å²) in [5, 5.41) is 22.0. The van der Waals surface area contributed by atoms with Crippen LogP contribution in [0.2, 0.25) is 5.04 Å². The Morgan fingerprint density at radius 2 is 1.64 bits per heavy atom. The Morgan fingerprint density at radius 1 is 1.29 bits per heavy atom. The van der Waals surface area contributed by atoms with Gasteiger partial charge in [-0.3, -0.25) is 0 Å². The van der Waals surface area contributed by atoms with Gasteiger partial charge in [-0.05, 0) is 20.8 Å². The molecule has 0 aromatic rings. The minimum Gasteiger partial charge on any atom is -0.411 e. The molecule has 0 spiro atoms. The van der Waals surface area contributed by atoms with E-state index in [9.17, 15) is 0 Å². The molecule has 0 radical (unpaired) electrons. The zero-order chi connectivity index (χ0) is 11.8. The molecule has 0 aliphatic carbocycles. The molecule has 1 unspecified atom stereocenters. The van der Waals surface area contributed by atoms with Gasteiger partial charge < -0.3 is 10.4 Å². The molecule has 0 aromatic heterocycles. The zero-order valence-electron chi connectivity index (χ0n) is 9.57. The molecule has 0 aromatic carbocycles. The summed E-state index contributed by atoms with van der Waals surface area (Å²) in [5.41, 5.74) is 1.43. The minimum atomic E-state index is -0.0469. The Morgan fingerprint density at radius 3 is 1.71 bits per heavy atom. The number of hydrogen-bond donors (Lipinski definition) is 2. The molecule has 0 heterocycles. The minimum absolute atomic E-state index is 0.0469. The second-order valence-electron chi connectivity index (χ2n) is 3.66. The van der Waals surface area contributed by atoms with Crippen molar-refractivity contribution in [2.45, 2.75) is 32.7 Å². The lowest BCUT2D eigenvalue weighted by Crippen LogP contribution is -2.14. The maximum Gasteiger partial charge on any atom is 0.0598 e. The van der Waals surface area contributed by atoms with Gasteiger partial charge >= 0.3 is 0 Å². The van der Waals surface area contributed by atoms with Crippen molar-refractivity contribution >= 4 is 21.7 Å². The molecule has 5 heteroatoms. The summed E-state index contributed by atoms with van der Waals surface area (Å²) >= 11 is 0. The van der Waals surface area contributed by atoms with Gasteiger partial charge in [0, 0.05) is 15.3 Å². The first-order chi connectivity index (χ1) is 6.31. The van der Waals surface area contributed by atoms with Gasteiger partial charge in [-0.25, -0.2) is 0 Å². The SMILES string of the molecule is C=CC(C)([SiH3])C(C)=NO.CC(C)=NO. The van der Waals surface area contributed by atoms with E-state index in [1.807, 2.05) is 13.0 Å². The largest absolute Gasteiger partial charge is 0.411 e. The van der Waals surface area contributed by atoms with Crippen molar-refractivity contribution in [2.24, 2.45) is 10.3 Å². The molecular weight excluding hydrogens is 196 g/mol. The third-order valence-corrected chi connectivity index (χ3v) is 2.92. The van der Waals surface area contributed by atoms with Crippen LogP contribution in [0.5, 0.6) is 0 Å². The summed E-state index contributed by atoms with van der Waals surface area (Å²) in [6.07, 6.45) is 1.81. The van der Waals surface area contributed by atoms with Crippen LogP contribution >= 0.6 is 0 Å². The first-order valence-electron chi connectivity index (χ1n) is 4.29. The van der Waals surface area contributed by atoms with Crippen LogP contribution in [0.1, 0.15) is 27.7 Å². The summed E-state index contributed by atoms with van der Waals surface area (Å²) in [4.78, 5) is 0. The molecule has 0 saturated carbocycles. The molecule has 14 heavy (non-hydrogen) atoms. The molecular formula is C9H20N2O2Si. The average molecular weight is 216 g/mol. The Hall–Kier alpha value is -1.10. The van der Waals surface area contributed by atoms with Crippen LogP contribution in [0.25, 0.3) is 0 Å². The van der Waals surface area contributed by atoms with Gasteiger partial charge in [0.25, 0.3) is 0 Å². The van der Waals surface area contributed by atoms with E-state index in [-0.39, 0.29) is 5.04 Å². The van der Waals surface area contributed by atoms with Gasteiger partial charge in [0.1, 0.15) is 0 Å². The van der Waals surface area contributed by atoms with E-state index >= 15 is 0 Å². The summed E-state index contributed by atoms with van der Waals surface area (Å²) in [5.74, 6) is 0. The summed E-state index contributed by atoms with van der Waals surface area (Å²) in [7, 11) is 0.934. The summed E-state index contributed by atoms with van der Waals surface area (Å²) in [6, 6.07) is 0. The monoisotopic (exact) mass is 216 g/mol. The van der Waals surface area contributed by atoms with Gasteiger partial charge in [-0.15, -0.1) is 6.58 Å². The topological polar surface area (TPSA) is 65.2 Å². The fourth-order valence-corrected chi connectivity index (χ4v) is 0.377. The van der Waals surface area contributed by atoms with E-state index in [0.717, 1.165) is 16.0 Å². The first-order valence-corrected chi connectivity index (χ1v) is 5.29. The summed E-state index contributed by atoms with van der Waals surface area (Å²) in [6.45, 7) is 10.9. The molecule has 2 N–H and O–H groups in total. The molecule has 4 nitrogen and oxygen atoms in total. The maximum absolute atomic E-state index is 8.36. The highest BCUT2D eigenvalue weighted by molar-refractivity contribution is 6.30.